The minimum absolute atomic E-state index is 0.000460. The highest BCUT2D eigenvalue weighted by Gasteiger charge is 2.31. The zero-order valence-electron chi connectivity index (χ0n) is 9.47. The molecule has 1 unspecified atom stereocenters. The van der Waals surface area contributed by atoms with Crippen LogP contribution in [0.25, 0.3) is 0 Å². The fourth-order valence-electron chi connectivity index (χ4n) is 2.01. The van der Waals surface area contributed by atoms with Gasteiger partial charge in [0.1, 0.15) is 0 Å². The van der Waals surface area contributed by atoms with Crippen LogP contribution in [0.5, 0.6) is 11.5 Å². The Bertz CT molecular complexity index is 540. The molecule has 2 aliphatic rings. The van der Waals surface area contributed by atoms with E-state index in [2.05, 4.69) is 0 Å². The summed E-state index contributed by atoms with van der Waals surface area (Å²) in [5.74, 6) is 2.00. The summed E-state index contributed by atoms with van der Waals surface area (Å²) < 4.78 is 11.3. The molecule has 1 aliphatic carbocycles. The first-order valence-electron chi connectivity index (χ1n) is 5.71. The van der Waals surface area contributed by atoms with Crippen molar-refractivity contribution in [3.8, 4) is 11.5 Å². The molecule has 86 valence electrons. The summed E-state index contributed by atoms with van der Waals surface area (Å²) in [4.78, 5) is 12.1. The number of hydrogen-bond acceptors (Lipinski definition) is 3. The van der Waals surface area contributed by atoms with Crippen LogP contribution in [0.2, 0.25) is 0 Å². The number of ketones is 1. The Balaban J connectivity index is 2.00. The Morgan fingerprint density at radius 2 is 1.88 bits per heavy atom. The van der Waals surface area contributed by atoms with E-state index in [1.54, 1.807) is 6.07 Å². The van der Waals surface area contributed by atoms with Crippen molar-refractivity contribution in [3.63, 3.8) is 0 Å². The summed E-state index contributed by atoms with van der Waals surface area (Å²) in [5.41, 5.74) is 0. The lowest BCUT2D eigenvalue weighted by molar-refractivity contribution is -0.120. The zero-order chi connectivity index (χ0) is 11.8. The smallest absolute Gasteiger partial charge is 0.213 e. The van der Waals surface area contributed by atoms with Gasteiger partial charge in [-0.2, -0.15) is 0 Å². The molecule has 1 heterocycles. The maximum absolute atomic E-state index is 12.1. The second-order valence-corrected chi connectivity index (χ2v) is 4.08. The third-order valence-corrected chi connectivity index (χ3v) is 2.99. The predicted molar refractivity (Wildman–Crippen MR) is 62.7 cm³/mol. The molecule has 1 aromatic carbocycles. The van der Waals surface area contributed by atoms with Gasteiger partial charge in [0.25, 0.3) is 0 Å². The topological polar surface area (TPSA) is 35.5 Å². The number of Topliss-reactive ketones (excluding diaryl/α,β-unsaturated/α-hetero) is 1. The average Bonchev–Trinajstić information content (AvgIpc) is 2.37. The fraction of sp³-hybridized carbons (Fsp3) is 0.214. The predicted octanol–water partition coefficient (Wildman–Crippen LogP) is 2.83. The molecular formula is C14H12O3. The third kappa shape index (κ3) is 1.55. The monoisotopic (exact) mass is 228 g/mol. The molecule has 3 heteroatoms. The van der Waals surface area contributed by atoms with E-state index in [1.165, 1.54) is 0 Å². The van der Waals surface area contributed by atoms with Crippen molar-refractivity contribution in [2.75, 3.05) is 0 Å². The number of fused-ring (bicyclic) bond motifs is 1. The van der Waals surface area contributed by atoms with E-state index in [-0.39, 0.29) is 11.7 Å². The van der Waals surface area contributed by atoms with Crippen molar-refractivity contribution < 1.29 is 14.3 Å². The zero-order valence-corrected chi connectivity index (χ0v) is 9.47. The van der Waals surface area contributed by atoms with Gasteiger partial charge in [-0.15, -0.1) is 0 Å². The second-order valence-electron chi connectivity index (χ2n) is 4.08. The lowest BCUT2D eigenvalue weighted by atomic mass is 9.94. The van der Waals surface area contributed by atoms with E-state index in [1.807, 2.05) is 37.3 Å². The summed E-state index contributed by atoms with van der Waals surface area (Å²) in [5, 5.41) is 0. The Morgan fingerprint density at radius 1 is 1.18 bits per heavy atom. The largest absolute Gasteiger partial charge is 0.449 e. The lowest BCUT2D eigenvalue weighted by Crippen LogP contribution is -2.26. The number of para-hydroxylation sites is 2. The molecule has 0 radical (unpaired) electrons. The standard InChI is InChI=1S/C14H12O3/c1-2-9-7-8-12-14(13(9)15)17-11-6-4-3-5-10(11)16-12/h3-9H,2H2,1H3. The number of allylic oxidation sites excluding steroid dienone is 3. The van der Waals surface area contributed by atoms with E-state index in [9.17, 15) is 4.79 Å². The molecule has 0 spiro atoms. The van der Waals surface area contributed by atoms with Crippen molar-refractivity contribution >= 4 is 5.78 Å². The van der Waals surface area contributed by atoms with Gasteiger partial charge in [-0.05, 0) is 24.6 Å². The second kappa shape index (κ2) is 3.77. The van der Waals surface area contributed by atoms with E-state index in [0.717, 1.165) is 6.42 Å². The number of rotatable bonds is 1. The number of ether oxygens (including phenoxy) is 2. The maximum atomic E-state index is 12.1. The van der Waals surface area contributed by atoms with E-state index in [0.29, 0.717) is 23.0 Å². The molecule has 0 N–H and O–H groups in total. The van der Waals surface area contributed by atoms with Crippen LogP contribution in [0.3, 0.4) is 0 Å². The van der Waals surface area contributed by atoms with Gasteiger partial charge in [0, 0.05) is 5.92 Å². The van der Waals surface area contributed by atoms with Crippen LogP contribution in [0.4, 0.5) is 0 Å². The Morgan fingerprint density at radius 3 is 2.59 bits per heavy atom. The third-order valence-electron chi connectivity index (χ3n) is 2.99. The minimum atomic E-state index is -0.0948. The van der Waals surface area contributed by atoms with E-state index >= 15 is 0 Å². The molecule has 1 aromatic rings. The summed E-state index contributed by atoms with van der Waals surface area (Å²) in [6.45, 7) is 1.98. The number of hydrogen-bond donors (Lipinski definition) is 0. The van der Waals surface area contributed by atoms with Crippen LogP contribution < -0.4 is 9.47 Å². The summed E-state index contributed by atoms with van der Waals surface area (Å²) in [7, 11) is 0. The van der Waals surface area contributed by atoms with Crippen LogP contribution in [0.15, 0.2) is 47.9 Å². The summed E-state index contributed by atoms with van der Waals surface area (Å²) in [6.07, 6.45) is 4.47. The van der Waals surface area contributed by atoms with Crippen molar-refractivity contribution in [1.82, 2.24) is 0 Å². The molecule has 0 fully saturated rings. The van der Waals surface area contributed by atoms with E-state index in [4.69, 9.17) is 9.47 Å². The molecule has 17 heavy (non-hydrogen) atoms. The SMILES string of the molecule is CCC1C=CC2=C(Oc3ccccc3O2)C1=O. The molecule has 0 amide bonds. The molecule has 0 aromatic heterocycles. The number of benzene rings is 1. The molecule has 3 rings (SSSR count). The Labute approximate surface area is 99.3 Å². The lowest BCUT2D eigenvalue weighted by Gasteiger charge is -2.25. The van der Waals surface area contributed by atoms with Gasteiger partial charge in [-0.1, -0.05) is 25.1 Å². The van der Waals surface area contributed by atoms with Gasteiger partial charge in [-0.25, -0.2) is 0 Å². The first-order valence-corrected chi connectivity index (χ1v) is 5.71. The molecule has 0 saturated heterocycles. The van der Waals surface area contributed by atoms with E-state index < -0.39 is 0 Å². The summed E-state index contributed by atoms with van der Waals surface area (Å²) >= 11 is 0. The highest BCUT2D eigenvalue weighted by Crippen LogP contribution is 2.37. The van der Waals surface area contributed by atoms with Crippen molar-refractivity contribution in [3.05, 3.63) is 47.9 Å². The van der Waals surface area contributed by atoms with Crippen molar-refractivity contribution in [2.45, 2.75) is 13.3 Å². The van der Waals surface area contributed by atoms with Gasteiger partial charge in [-0.3, -0.25) is 4.79 Å². The van der Waals surface area contributed by atoms with Gasteiger partial charge in [0.15, 0.2) is 17.3 Å². The molecule has 0 bridgehead atoms. The quantitative estimate of drug-likeness (QED) is 0.741. The average molecular weight is 228 g/mol. The molecule has 0 saturated carbocycles. The Kier molecular flexibility index (Phi) is 2.25. The van der Waals surface area contributed by atoms with Gasteiger partial charge >= 0.3 is 0 Å². The molecular weight excluding hydrogens is 216 g/mol. The number of carbonyl (C=O) groups excluding carboxylic acids is 1. The molecule has 1 aliphatic heterocycles. The number of carbonyl (C=O) groups is 1. The first-order chi connectivity index (χ1) is 8.29. The van der Waals surface area contributed by atoms with Crippen LogP contribution >= 0.6 is 0 Å². The van der Waals surface area contributed by atoms with Crippen molar-refractivity contribution in [1.29, 1.82) is 0 Å². The molecule has 3 nitrogen and oxygen atoms in total. The van der Waals surface area contributed by atoms with Crippen molar-refractivity contribution in [2.24, 2.45) is 5.92 Å². The van der Waals surface area contributed by atoms with Crippen LogP contribution in [-0.2, 0) is 4.79 Å². The van der Waals surface area contributed by atoms with Gasteiger partial charge in [0.05, 0.1) is 0 Å². The first kappa shape index (κ1) is 10.1. The fourth-order valence-corrected chi connectivity index (χ4v) is 2.01. The van der Waals surface area contributed by atoms with Crippen LogP contribution in [0, 0.1) is 5.92 Å². The normalized spacial score (nSPS) is 21.5. The summed E-state index contributed by atoms with van der Waals surface area (Å²) in [6, 6.07) is 7.35. The molecule has 1 atom stereocenters. The Hall–Kier alpha value is -2.03. The minimum Gasteiger partial charge on any atom is -0.449 e. The van der Waals surface area contributed by atoms with Crippen LogP contribution in [-0.4, -0.2) is 5.78 Å². The van der Waals surface area contributed by atoms with Gasteiger partial charge in [0.2, 0.25) is 11.5 Å². The highest BCUT2D eigenvalue weighted by molar-refractivity contribution is 5.99. The van der Waals surface area contributed by atoms with Crippen LogP contribution in [0.1, 0.15) is 13.3 Å². The highest BCUT2D eigenvalue weighted by atomic mass is 16.6. The van der Waals surface area contributed by atoms with Gasteiger partial charge < -0.3 is 9.47 Å². The maximum Gasteiger partial charge on any atom is 0.213 e.